The Morgan fingerprint density at radius 3 is 0.596 bits per heavy atom. The molecule has 0 unspecified atom stereocenters. The SMILES string of the molecule is Cc1ccccc1[PH](c1ccccc1C)(c1ccccc1C)[Pd]([I])([I])[PH](c1ccccc1C)(c1ccccc1C)c1ccccc1C. The van der Waals surface area contributed by atoms with Crippen LogP contribution in [0.4, 0.5) is 0 Å². The Labute approximate surface area is 306 Å². The second kappa shape index (κ2) is 14.3. The van der Waals surface area contributed by atoms with Crippen molar-refractivity contribution < 1.29 is 7.32 Å². The molecule has 0 saturated carbocycles. The van der Waals surface area contributed by atoms with E-state index in [0.717, 1.165) is 0 Å². The van der Waals surface area contributed by atoms with Crippen LogP contribution in [-0.4, -0.2) is 0 Å². The van der Waals surface area contributed by atoms with Crippen molar-refractivity contribution in [2.75, 3.05) is 0 Å². The van der Waals surface area contributed by atoms with Gasteiger partial charge in [-0.2, -0.15) is 0 Å². The number of halogens is 2. The normalized spacial score (nSPS) is 13.3. The maximum absolute atomic E-state index is 3.19. The molecule has 0 saturated heterocycles. The summed E-state index contributed by atoms with van der Waals surface area (Å²) in [5.74, 6) is 0. The summed E-state index contributed by atoms with van der Waals surface area (Å²) in [4.78, 5) is 0. The number of hydrogen-bond acceptors (Lipinski definition) is 0. The van der Waals surface area contributed by atoms with E-state index < -0.39 is 18.2 Å². The Morgan fingerprint density at radius 1 is 0.298 bits per heavy atom. The number of rotatable bonds is 8. The molecular formula is C42H44I2P2Pd. The monoisotopic (exact) mass is 970 g/mol. The summed E-state index contributed by atoms with van der Waals surface area (Å²) in [5.41, 5.74) is 2.72. The van der Waals surface area contributed by atoms with Crippen molar-refractivity contribution in [3.05, 3.63) is 179 Å². The zero-order chi connectivity index (χ0) is 33.4. The van der Waals surface area contributed by atoms with Crippen LogP contribution in [0.2, 0.25) is 0 Å². The van der Waals surface area contributed by atoms with Gasteiger partial charge in [-0.05, 0) is 0 Å². The summed E-state index contributed by atoms with van der Waals surface area (Å²) in [6.07, 6.45) is 0. The molecule has 47 heavy (non-hydrogen) atoms. The van der Waals surface area contributed by atoms with Gasteiger partial charge in [-0.15, -0.1) is 0 Å². The summed E-state index contributed by atoms with van der Waals surface area (Å²) >= 11 is 6.37. The topological polar surface area (TPSA) is 0 Å². The van der Waals surface area contributed by atoms with Gasteiger partial charge in [0.1, 0.15) is 0 Å². The molecule has 0 fully saturated rings. The molecule has 0 aliphatic heterocycles. The van der Waals surface area contributed by atoms with Crippen LogP contribution in [0.5, 0.6) is 0 Å². The fourth-order valence-electron chi connectivity index (χ4n) is 7.34. The van der Waals surface area contributed by atoms with E-state index in [1.807, 2.05) is 0 Å². The Bertz CT molecular complexity index is 1700. The predicted molar refractivity (Wildman–Crippen MR) is 230 cm³/mol. The molecule has 0 aliphatic carbocycles. The fourth-order valence-corrected chi connectivity index (χ4v) is 90.7. The van der Waals surface area contributed by atoms with Gasteiger partial charge in [0.2, 0.25) is 0 Å². The Morgan fingerprint density at radius 2 is 0.447 bits per heavy atom. The Hall–Kier alpha value is -1.70. The third-order valence-electron chi connectivity index (χ3n) is 9.59. The summed E-state index contributed by atoms with van der Waals surface area (Å²) in [6, 6.07) is 56.5. The van der Waals surface area contributed by atoms with E-state index in [1.165, 1.54) is 33.4 Å². The van der Waals surface area contributed by atoms with Gasteiger partial charge in [0, 0.05) is 0 Å². The second-order valence-corrected chi connectivity index (χ2v) is 69.5. The van der Waals surface area contributed by atoms with Gasteiger partial charge in [-0.1, -0.05) is 0 Å². The second-order valence-electron chi connectivity index (χ2n) is 12.5. The first-order chi connectivity index (χ1) is 22.6. The number of aryl methyl sites for hydroxylation is 6. The maximum atomic E-state index is 3.19. The van der Waals surface area contributed by atoms with Crippen molar-refractivity contribution in [1.29, 1.82) is 0 Å². The molecule has 0 amide bonds. The van der Waals surface area contributed by atoms with Gasteiger partial charge in [0.25, 0.3) is 0 Å². The molecule has 5 heteroatoms. The van der Waals surface area contributed by atoms with E-state index in [9.17, 15) is 0 Å². The van der Waals surface area contributed by atoms with Crippen LogP contribution in [0.3, 0.4) is 0 Å². The van der Waals surface area contributed by atoms with E-state index in [-0.39, 0.29) is 0 Å². The van der Waals surface area contributed by atoms with Crippen LogP contribution in [0.1, 0.15) is 33.4 Å². The van der Waals surface area contributed by atoms with E-state index in [2.05, 4.69) is 226 Å². The van der Waals surface area contributed by atoms with Crippen molar-refractivity contribution in [2.45, 2.75) is 41.5 Å². The third-order valence-corrected chi connectivity index (χ3v) is 79.5. The average Bonchev–Trinajstić information content (AvgIpc) is 3.06. The molecule has 0 radical (unpaired) electrons. The minimum absolute atomic E-state index is 1.40. The van der Waals surface area contributed by atoms with Crippen molar-refractivity contribution in [2.24, 2.45) is 0 Å². The van der Waals surface area contributed by atoms with Crippen LogP contribution in [0, 0.1) is 41.5 Å². The van der Waals surface area contributed by atoms with Crippen LogP contribution >= 0.6 is 49.9 Å². The molecule has 0 nitrogen and oxygen atoms in total. The van der Waals surface area contributed by atoms with Crippen molar-refractivity contribution in [1.82, 2.24) is 0 Å². The molecule has 0 aliphatic rings. The molecule has 0 heterocycles. The number of benzene rings is 6. The van der Waals surface area contributed by atoms with Gasteiger partial charge >= 0.3 is 310 Å². The molecule has 6 aromatic carbocycles. The summed E-state index contributed by atoms with van der Waals surface area (Å²) in [6.45, 7) is 14.2. The first-order valence-electron chi connectivity index (χ1n) is 16.0. The first-order valence-corrected chi connectivity index (χ1v) is 33.6. The zero-order valence-electron chi connectivity index (χ0n) is 27.9. The van der Waals surface area contributed by atoms with Gasteiger partial charge in [0.15, 0.2) is 0 Å². The van der Waals surface area contributed by atoms with Crippen molar-refractivity contribution in [3.63, 3.8) is 0 Å². The molecule has 6 rings (SSSR count). The van der Waals surface area contributed by atoms with E-state index >= 15 is 0 Å². The van der Waals surface area contributed by atoms with Gasteiger partial charge in [-0.3, -0.25) is 0 Å². The standard InChI is InChI=1S/2C21H21P.2HI.Pd/c2*1-16-10-4-7-13-19(16)22(20-14-8-5-11-17(20)2)21-15-9-6-12-18(21)3;;;/h2*4-15H,1-3H3;2*1H;. The van der Waals surface area contributed by atoms with Crippen LogP contribution < -0.4 is 31.8 Å². The summed E-state index contributed by atoms with van der Waals surface area (Å²) < 4.78 is 0. The predicted octanol–water partition coefficient (Wildman–Crippen LogP) is 9.97. The minimum atomic E-state index is -2.87. The van der Waals surface area contributed by atoms with E-state index in [0.29, 0.717) is 0 Å². The van der Waals surface area contributed by atoms with Gasteiger partial charge < -0.3 is 0 Å². The summed E-state index contributed by atoms with van der Waals surface area (Å²) in [5, 5.41) is 9.40. The zero-order valence-corrected chi connectivity index (χ0v) is 35.8. The van der Waals surface area contributed by atoms with E-state index in [4.69, 9.17) is 0 Å². The van der Waals surface area contributed by atoms with Crippen LogP contribution in [0.15, 0.2) is 146 Å². The molecule has 0 N–H and O–H groups in total. The van der Waals surface area contributed by atoms with E-state index in [1.54, 1.807) is 31.8 Å². The summed E-state index contributed by atoms with van der Waals surface area (Å²) in [7, 11) is -2.87. The van der Waals surface area contributed by atoms with Crippen molar-refractivity contribution >= 4 is 81.8 Å². The van der Waals surface area contributed by atoms with Crippen molar-refractivity contribution in [3.8, 4) is 0 Å². The molecule has 0 spiro atoms. The molecule has 246 valence electrons. The molecular weight excluding hydrogens is 927 g/mol. The molecule has 0 aromatic heterocycles. The number of hydrogen-bond donors (Lipinski definition) is 0. The van der Waals surface area contributed by atoms with Crippen LogP contribution in [-0.2, 0) is 7.32 Å². The molecule has 0 atom stereocenters. The van der Waals surface area contributed by atoms with Gasteiger partial charge in [-0.25, -0.2) is 0 Å². The average molecular weight is 971 g/mol. The molecule has 0 bridgehead atoms. The Balaban J connectivity index is 1.99. The Kier molecular flexibility index (Phi) is 10.7. The first kappa shape index (κ1) is 35.1. The fraction of sp³-hybridized carbons (Fsp3) is 0.143. The molecule has 6 aromatic rings. The van der Waals surface area contributed by atoms with Crippen LogP contribution in [0.25, 0.3) is 0 Å². The third kappa shape index (κ3) is 5.66. The van der Waals surface area contributed by atoms with Gasteiger partial charge in [0.05, 0.1) is 0 Å². The quantitative estimate of drug-likeness (QED) is 0.0811.